The molecule has 338 valence electrons. The fourth-order valence-corrected chi connectivity index (χ4v) is 7.37. The van der Waals surface area contributed by atoms with Crippen LogP contribution in [0.4, 0.5) is 0 Å². The summed E-state index contributed by atoms with van der Waals surface area (Å²) in [5, 5.41) is 9.60. The van der Waals surface area contributed by atoms with E-state index in [1.165, 1.54) is 167 Å². The van der Waals surface area contributed by atoms with E-state index in [1.807, 2.05) is 0 Å². The molecule has 0 rings (SSSR count). The monoisotopic (exact) mass is 813 g/mol. The van der Waals surface area contributed by atoms with Crippen LogP contribution in [0.3, 0.4) is 0 Å². The van der Waals surface area contributed by atoms with E-state index in [0.717, 1.165) is 64.2 Å². The van der Waals surface area contributed by atoms with E-state index in [9.17, 15) is 14.7 Å². The Kier molecular flexibility index (Phi) is 47.4. The molecular formula is C53H96O5. The van der Waals surface area contributed by atoms with Gasteiger partial charge in [-0.1, -0.05) is 242 Å². The largest absolute Gasteiger partial charge is 0.462 e. The predicted molar refractivity (Wildman–Crippen MR) is 251 cm³/mol. The van der Waals surface area contributed by atoms with Crippen LogP contribution in [0.5, 0.6) is 0 Å². The molecule has 0 aromatic carbocycles. The van der Waals surface area contributed by atoms with Crippen LogP contribution in [-0.2, 0) is 19.1 Å². The molecule has 1 unspecified atom stereocenters. The van der Waals surface area contributed by atoms with Crippen molar-refractivity contribution in [2.24, 2.45) is 0 Å². The number of rotatable bonds is 46. The molecule has 0 aromatic heterocycles. The minimum absolute atomic E-state index is 0.0610. The molecule has 0 radical (unpaired) electrons. The first kappa shape index (κ1) is 55.9. The highest BCUT2D eigenvalue weighted by Gasteiger charge is 2.16. The van der Waals surface area contributed by atoms with Gasteiger partial charge in [-0.15, -0.1) is 0 Å². The summed E-state index contributed by atoms with van der Waals surface area (Å²) in [6.07, 6.45) is 63.6. The first-order chi connectivity index (χ1) is 28.6. The standard InChI is InChI=1S/C53H96O5/c1-3-5-7-9-11-13-15-17-18-19-20-21-22-23-24-25-26-27-28-29-30-31-32-33-34-36-38-40-42-44-46-48-53(56)58-51(49-54)50-57-52(55)47-45-43-41-39-37-35-16-14-12-10-8-6-4-2/h5,7,11,13,17-18,20-21,51,54H,3-4,6,8-10,12,14-16,19,22-50H2,1-2H3/b7-5-,13-11-,18-17-,21-20-. The maximum absolute atomic E-state index is 12.2. The Labute approximate surface area is 360 Å². The molecule has 0 saturated heterocycles. The van der Waals surface area contributed by atoms with Crippen molar-refractivity contribution >= 4 is 11.9 Å². The summed E-state index contributed by atoms with van der Waals surface area (Å²) in [7, 11) is 0. The number of esters is 2. The van der Waals surface area contributed by atoms with Crippen LogP contribution < -0.4 is 0 Å². The highest BCUT2D eigenvalue weighted by Crippen LogP contribution is 2.16. The molecular weight excluding hydrogens is 717 g/mol. The molecule has 0 aliphatic carbocycles. The van der Waals surface area contributed by atoms with Crippen LogP contribution in [-0.4, -0.2) is 36.4 Å². The lowest BCUT2D eigenvalue weighted by Crippen LogP contribution is -2.28. The summed E-state index contributed by atoms with van der Waals surface area (Å²) in [5.74, 6) is -0.579. The van der Waals surface area contributed by atoms with Gasteiger partial charge >= 0.3 is 11.9 Å². The van der Waals surface area contributed by atoms with Gasteiger partial charge in [0, 0.05) is 12.8 Å². The minimum Gasteiger partial charge on any atom is -0.462 e. The third-order valence-electron chi connectivity index (χ3n) is 11.1. The molecule has 0 aromatic rings. The molecule has 0 saturated carbocycles. The maximum Gasteiger partial charge on any atom is 0.306 e. The molecule has 0 bridgehead atoms. The summed E-state index contributed by atoms with van der Waals surface area (Å²) in [5.41, 5.74) is 0. The van der Waals surface area contributed by atoms with Crippen LogP contribution in [0.15, 0.2) is 48.6 Å². The zero-order chi connectivity index (χ0) is 42.1. The van der Waals surface area contributed by atoms with Crippen LogP contribution in [0.2, 0.25) is 0 Å². The van der Waals surface area contributed by atoms with Crippen molar-refractivity contribution in [1.82, 2.24) is 0 Å². The number of allylic oxidation sites excluding steroid dienone is 8. The van der Waals surface area contributed by atoms with Crippen molar-refractivity contribution in [3.63, 3.8) is 0 Å². The van der Waals surface area contributed by atoms with E-state index in [4.69, 9.17) is 9.47 Å². The van der Waals surface area contributed by atoms with Gasteiger partial charge in [-0.2, -0.15) is 0 Å². The second-order valence-corrected chi connectivity index (χ2v) is 16.9. The Morgan fingerprint density at radius 2 is 0.741 bits per heavy atom. The predicted octanol–water partition coefficient (Wildman–Crippen LogP) is 16.5. The van der Waals surface area contributed by atoms with Crippen LogP contribution in [0.25, 0.3) is 0 Å². The number of hydrogen-bond acceptors (Lipinski definition) is 5. The molecule has 0 fully saturated rings. The van der Waals surface area contributed by atoms with Crippen molar-refractivity contribution in [2.45, 2.75) is 264 Å². The van der Waals surface area contributed by atoms with Crippen LogP contribution >= 0.6 is 0 Å². The average Bonchev–Trinajstić information content (AvgIpc) is 3.23. The van der Waals surface area contributed by atoms with Gasteiger partial charge in [0.2, 0.25) is 0 Å². The maximum atomic E-state index is 12.2. The zero-order valence-corrected chi connectivity index (χ0v) is 38.6. The molecule has 0 heterocycles. The van der Waals surface area contributed by atoms with Crippen molar-refractivity contribution in [3.05, 3.63) is 48.6 Å². The number of hydrogen-bond donors (Lipinski definition) is 1. The van der Waals surface area contributed by atoms with Gasteiger partial charge in [0.05, 0.1) is 6.61 Å². The SMILES string of the molecule is CC/C=C\C/C=C\C/C=C\C/C=C\CCCCCCCCCCCCCCCCCCCCC(=O)OC(CO)COC(=O)CCCCCCCCCCCCCCC. The van der Waals surface area contributed by atoms with E-state index < -0.39 is 6.10 Å². The lowest BCUT2D eigenvalue weighted by Gasteiger charge is -2.15. The third-order valence-corrected chi connectivity index (χ3v) is 11.1. The highest BCUT2D eigenvalue weighted by atomic mass is 16.6. The molecule has 5 nitrogen and oxygen atoms in total. The van der Waals surface area contributed by atoms with Crippen LogP contribution in [0.1, 0.15) is 258 Å². The van der Waals surface area contributed by atoms with Gasteiger partial charge in [0.1, 0.15) is 6.61 Å². The lowest BCUT2D eigenvalue weighted by atomic mass is 10.0. The van der Waals surface area contributed by atoms with E-state index in [1.54, 1.807) is 0 Å². The number of aliphatic hydroxyl groups excluding tert-OH is 1. The molecule has 0 aliphatic heterocycles. The van der Waals surface area contributed by atoms with Gasteiger partial charge in [-0.25, -0.2) is 0 Å². The molecule has 1 N–H and O–H groups in total. The highest BCUT2D eigenvalue weighted by molar-refractivity contribution is 5.70. The summed E-state index contributed by atoms with van der Waals surface area (Å²) in [6.45, 7) is 4.05. The number of aliphatic hydroxyl groups is 1. The molecule has 0 spiro atoms. The van der Waals surface area contributed by atoms with E-state index >= 15 is 0 Å². The van der Waals surface area contributed by atoms with Crippen molar-refractivity contribution < 1.29 is 24.2 Å². The average molecular weight is 813 g/mol. The second-order valence-electron chi connectivity index (χ2n) is 16.9. The third kappa shape index (κ3) is 46.5. The zero-order valence-electron chi connectivity index (χ0n) is 38.6. The van der Waals surface area contributed by atoms with Crippen LogP contribution in [0, 0.1) is 0 Å². The number of ether oxygens (including phenoxy) is 2. The number of carbonyl (C=O) groups is 2. The first-order valence-corrected chi connectivity index (χ1v) is 25.2. The fraction of sp³-hybridized carbons (Fsp3) is 0.811. The van der Waals surface area contributed by atoms with E-state index in [2.05, 4.69) is 62.5 Å². The molecule has 58 heavy (non-hydrogen) atoms. The summed E-state index contributed by atoms with van der Waals surface area (Å²) in [4.78, 5) is 24.4. The Morgan fingerprint density at radius 3 is 1.12 bits per heavy atom. The summed E-state index contributed by atoms with van der Waals surface area (Å²) in [6, 6.07) is 0. The van der Waals surface area contributed by atoms with Gasteiger partial charge in [-0.05, 0) is 51.4 Å². The molecule has 0 amide bonds. The smallest absolute Gasteiger partial charge is 0.306 e. The van der Waals surface area contributed by atoms with Gasteiger partial charge in [0.15, 0.2) is 6.10 Å². The van der Waals surface area contributed by atoms with Crippen molar-refractivity contribution in [2.75, 3.05) is 13.2 Å². The fourth-order valence-electron chi connectivity index (χ4n) is 7.37. The second kappa shape index (κ2) is 49.2. The number of unbranched alkanes of at least 4 members (excludes halogenated alkanes) is 30. The summed E-state index contributed by atoms with van der Waals surface area (Å²) < 4.78 is 10.7. The molecule has 1 atom stereocenters. The Balaban J connectivity index is 3.43. The minimum atomic E-state index is -0.767. The van der Waals surface area contributed by atoms with E-state index in [-0.39, 0.29) is 25.2 Å². The van der Waals surface area contributed by atoms with Crippen molar-refractivity contribution in [3.8, 4) is 0 Å². The first-order valence-electron chi connectivity index (χ1n) is 25.2. The van der Waals surface area contributed by atoms with Gasteiger partial charge in [-0.3, -0.25) is 9.59 Å². The Bertz CT molecular complexity index is 966. The van der Waals surface area contributed by atoms with Crippen molar-refractivity contribution in [1.29, 1.82) is 0 Å². The number of carbonyl (C=O) groups excluding carboxylic acids is 2. The quantitative estimate of drug-likeness (QED) is 0.0376. The lowest BCUT2D eigenvalue weighted by molar-refractivity contribution is -0.161. The molecule has 0 aliphatic rings. The molecule has 5 heteroatoms. The Hall–Kier alpha value is -2.14. The van der Waals surface area contributed by atoms with Gasteiger partial charge < -0.3 is 14.6 Å². The normalized spacial score (nSPS) is 12.5. The summed E-state index contributed by atoms with van der Waals surface area (Å²) >= 11 is 0. The van der Waals surface area contributed by atoms with E-state index in [0.29, 0.717) is 12.8 Å². The van der Waals surface area contributed by atoms with Gasteiger partial charge in [0.25, 0.3) is 0 Å². The topological polar surface area (TPSA) is 72.8 Å². The Morgan fingerprint density at radius 1 is 0.414 bits per heavy atom.